The molecule has 0 atom stereocenters. The van der Waals surface area contributed by atoms with Gasteiger partial charge in [-0.1, -0.05) is 48.6 Å². The predicted molar refractivity (Wildman–Crippen MR) is 92.9 cm³/mol. The Bertz CT molecular complexity index is 895. The minimum Gasteiger partial charge on any atom is -0.504 e. The first kappa shape index (κ1) is 14.9. The highest BCUT2D eigenvalue weighted by Gasteiger charge is 2.08. The van der Waals surface area contributed by atoms with E-state index in [2.05, 4.69) is 24.3 Å². The summed E-state index contributed by atoms with van der Waals surface area (Å²) in [7, 11) is 1.46. The lowest BCUT2D eigenvalue weighted by atomic mass is 10.0. The third kappa shape index (κ3) is 3.09. The molecule has 114 valence electrons. The number of phenolic OH excluding ortho intramolecular Hbond substituents is 1. The number of fused-ring (bicyclic) bond motifs is 1. The second-order valence-corrected chi connectivity index (χ2v) is 5.22. The Labute approximate surface area is 134 Å². The van der Waals surface area contributed by atoms with Crippen LogP contribution in [0.1, 0.15) is 21.5 Å². The van der Waals surface area contributed by atoms with Gasteiger partial charge < -0.3 is 9.84 Å². The first-order valence-corrected chi connectivity index (χ1v) is 7.24. The molecule has 3 aromatic rings. The van der Waals surface area contributed by atoms with Crippen molar-refractivity contribution in [1.82, 2.24) is 0 Å². The molecule has 3 nitrogen and oxygen atoms in total. The van der Waals surface area contributed by atoms with E-state index in [1.54, 1.807) is 12.1 Å². The Kier molecular flexibility index (Phi) is 4.11. The Morgan fingerprint density at radius 3 is 2.39 bits per heavy atom. The van der Waals surface area contributed by atoms with Gasteiger partial charge in [-0.3, -0.25) is 4.79 Å². The normalized spacial score (nSPS) is 11.0. The van der Waals surface area contributed by atoms with E-state index in [1.807, 2.05) is 30.4 Å². The molecule has 0 amide bonds. The molecule has 1 N–H and O–H groups in total. The Morgan fingerprint density at radius 1 is 0.913 bits per heavy atom. The van der Waals surface area contributed by atoms with Gasteiger partial charge in [0.1, 0.15) is 0 Å². The maximum atomic E-state index is 11.0. The van der Waals surface area contributed by atoms with Crippen LogP contribution in [0.4, 0.5) is 0 Å². The molecule has 0 heterocycles. The fourth-order valence-electron chi connectivity index (χ4n) is 2.50. The topological polar surface area (TPSA) is 46.5 Å². The van der Waals surface area contributed by atoms with Crippen LogP contribution in [-0.4, -0.2) is 18.5 Å². The number of hydrogen-bond acceptors (Lipinski definition) is 3. The molecular weight excluding hydrogens is 288 g/mol. The molecule has 3 aromatic carbocycles. The van der Waals surface area contributed by atoms with Crippen LogP contribution in [0.2, 0.25) is 0 Å². The molecule has 0 saturated heterocycles. The average Bonchev–Trinajstić information content (AvgIpc) is 2.60. The monoisotopic (exact) mass is 304 g/mol. The molecule has 3 heteroatoms. The van der Waals surface area contributed by atoms with Gasteiger partial charge in [-0.25, -0.2) is 0 Å². The van der Waals surface area contributed by atoms with E-state index in [1.165, 1.54) is 17.9 Å². The number of hydrogen-bond donors (Lipinski definition) is 1. The summed E-state index contributed by atoms with van der Waals surface area (Å²) in [5, 5.41) is 12.2. The molecule has 0 aliphatic carbocycles. The summed E-state index contributed by atoms with van der Waals surface area (Å²) in [6, 6.07) is 17.7. The molecule has 0 radical (unpaired) electrons. The van der Waals surface area contributed by atoms with E-state index in [-0.39, 0.29) is 17.1 Å². The summed E-state index contributed by atoms with van der Waals surface area (Å²) in [6.45, 7) is 0. The third-order valence-electron chi connectivity index (χ3n) is 3.72. The third-order valence-corrected chi connectivity index (χ3v) is 3.72. The Balaban J connectivity index is 1.96. The quantitative estimate of drug-likeness (QED) is 0.568. The SMILES string of the molecule is COc1cc(C=Cc2ccc3ccccc3c2)cc(C=O)c1O. The highest BCUT2D eigenvalue weighted by molar-refractivity contribution is 5.87. The highest BCUT2D eigenvalue weighted by atomic mass is 16.5. The molecule has 0 aromatic heterocycles. The van der Waals surface area contributed by atoms with Crippen LogP contribution < -0.4 is 4.74 Å². The van der Waals surface area contributed by atoms with Gasteiger partial charge in [-0.05, 0) is 40.1 Å². The van der Waals surface area contributed by atoms with Crippen LogP contribution in [0.25, 0.3) is 22.9 Å². The van der Waals surface area contributed by atoms with E-state index in [4.69, 9.17) is 4.74 Å². The summed E-state index contributed by atoms with van der Waals surface area (Å²) >= 11 is 0. The first-order chi connectivity index (χ1) is 11.2. The van der Waals surface area contributed by atoms with Crippen LogP contribution in [0.3, 0.4) is 0 Å². The maximum absolute atomic E-state index is 11.0. The summed E-state index contributed by atoms with van der Waals surface area (Å²) in [6.07, 6.45) is 4.47. The van der Waals surface area contributed by atoms with E-state index in [9.17, 15) is 9.90 Å². The van der Waals surface area contributed by atoms with E-state index >= 15 is 0 Å². The zero-order chi connectivity index (χ0) is 16.2. The number of carbonyl (C=O) groups excluding carboxylic acids is 1. The predicted octanol–water partition coefficient (Wildman–Crippen LogP) is 4.54. The Hall–Kier alpha value is -3.07. The number of benzene rings is 3. The molecular formula is C20H16O3. The standard InChI is InChI=1S/C20H16O3/c1-23-19-12-15(11-18(13-21)20(19)22)7-6-14-8-9-16-4-2-3-5-17(16)10-14/h2-13,22H,1H3. The molecule has 3 rings (SSSR count). The van der Waals surface area contributed by atoms with E-state index in [0.29, 0.717) is 6.29 Å². The van der Waals surface area contributed by atoms with Crippen molar-refractivity contribution in [3.05, 3.63) is 71.3 Å². The van der Waals surface area contributed by atoms with Crippen molar-refractivity contribution in [2.75, 3.05) is 7.11 Å². The van der Waals surface area contributed by atoms with Crippen LogP contribution in [0.15, 0.2) is 54.6 Å². The van der Waals surface area contributed by atoms with Gasteiger partial charge in [0.25, 0.3) is 0 Å². The number of carbonyl (C=O) groups is 1. The molecule has 0 unspecified atom stereocenters. The van der Waals surface area contributed by atoms with E-state index in [0.717, 1.165) is 11.1 Å². The molecule has 23 heavy (non-hydrogen) atoms. The highest BCUT2D eigenvalue weighted by Crippen LogP contribution is 2.31. The smallest absolute Gasteiger partial charge is 0.168 e. The maximum Gasteiger partial charge on any atom is 0.168 e. The zero-order valence-corrected chi connectivity index (χ0v) is 12.7. The number of methoxy groups -OCH3 is 1. The lowest BCUT2D eigenvalue weighted by Crippen LogP contribution is -1.90. The van der Waals surface area contributed by atoms with Crippen molar-refractivity contribution in [2.45, 2.75) is 0 Å². The van der Waals surface area contributed by atoms with Crippen molar-refractivity contribution < 1.29 is 14.6 Å². The molecule has 0 saturated carbocycles. The average molecular weight is 304 g/mol. The lowest BCUT2D eigenvalue weighted by molar-refractivity contribution is 0.112. The van der Waals surface area contributed by atoms with Gasteiger partial charge in [0.2, 0.25) is 0 Å². The van der Waals surface area contributed by atoms with Gasteiger partial charge in [0, 0.05) is 0 Å². The largest absolute Gasteiger partial charge is 0.504 e. The van der Waals surface area contributed by atoms with Gasteiger partial charge in [0.05, 0.1) is 12.7 Å². The summed E-state index contributed by atoms with van der Waals surface area (Å²) in [4.78, 5) is 11.0. The second-order valence-electron chi connectivity index (χ2n) is 5.22. The van der Waals surface area contributed by atoms with E-state index < -0.39 is 0 Å². The number of aldehydes is 1. The second kappa shape index (κ2) is 6.36. The van der Waals surface area contributed by atoms with Gasteiger partial charge >= 0.3 is 0 Å². The van der Waals surface area contributed by atoms with Crippen LogP contribution in [0.5, 0.6) is 11.5 Å². The molecule has 0 aliphatic rings. The van der Waals surface area contributed by atoms with Crippen molar-refractivity contribution >= 4 is 29.2 Å². The molecule has 0 aliphatic heterocycles. The lowest BCUT2D eigenvalue weighted by Gasteiger charge is -2.07. The minimum absolute atomic E-state index is 0.134. The van der Waals surface area contributed by atoms with Crippen molar-refractivity contribution in [3.63, 3.8) is 0 Å². The molecule has 0 spiro atoms. The fraction of sp³-hybridized carbons (Fsp3) is 0.0500. The minimum atomic E-state index is -0.134. The summed E-state index contributed by atoms with van der Waals surface area (Å²) in [5.74, 6) is 0.151. The van der Waals surface area contributed by atoms with Gasteiger partial charge in [-0.15, -0.1) is 0 Å². The first-order valence-electron chi connectivity index (χ1n) is 7.24. The molecule has 0 fully saturated rings. The van der Waals surface area contributed by atoms with Gasteiger partial charge in [0.15, 0.2) is 17.8 Å². The number of aromatic hydroxyl groups is 1. The van der Waals surface area contributed by atoms with Crippen molar-refractivity contribution in [2.24, 2.45) is 0 Å². The summed E-state index contributed by atoms with van der Waals surface area (Å²) in [5.41, 5.74) is 2.06. The molecule has 0 bridgehead atoms. The van der Waals surface area contributed by atoms with Crippen LogP contribution in [-0.2, 0) is 0 Å². The summed E-state index contributed by atoms with van der Waals surface area (Å²) < 4.78 is 5.10. The number of rotatable bonds is 4. The Morgan fingerprint density at radius 2 is 1.65 bits per heavy atom. The fourth-order valence-corrected chi connectivity index (χ4v) is 2.50. The van der Waals surface area contributed by atoms with Gasteiger partial charge in [-0.2, -0.15) is 0 Å². The number of phenols is 1. The number of ether oxygens (including phenoxy) is 1. The van der Waals surface area contributed by atoms with Crippen molar-refractivity contribution in [1.29, 1.82) is 0 Å². The van der Waals surface area contributed by atoms with Crippen molar-refractivity contribution in [3.8, 4) is 11.5 Å². The zero-order valence-electron chi connectivity index (χ0n) is 12.7. The van der Waals surface area contributed by atoms with Crippen LogP contribution >= 0.6 is 0 Å². The van der Waals surface area contributed by atoms with Crippen LogP contribution in [0, 0.1) is 0 Å².